The fraction of sp³-hybridized carbons (Fsp3) is 0.438. The number of hydrogen-bond acceptors (Lipinski definition) is 6. The molecule has 0 fully saturated rings. The van der Waals surface area contributed by atoms with Crippen molar-refractivity contribution in [3.8, 4) is 0 Å². The lowest BCUT2D eigenvalue weighted by Crippen LogP contribution is -2.15. The molecule has 0 aliphatic carbocycles. The number of nitro groups is 1. The Labute approximate surface area is 160 Å². The van der Waals surface area contributed by atoms with Crippen molar-refractivity contribution >= 4 is 40.6 Å². The number of carbonyl (C=O) groups excluding carboxylic acids is 1. The number of thioether (sulfide) groups is 1. The Morgan fingerprint density at radius 3 is 2.62 bits per heavy atom. The third kappa shape index (κ3) is 4.73. The summed E-state index contributed by atoms with van der Waals surface area (Å²) in [4.78, 5) is 22.5. The van der Waals surface area contributed by atoms with Crippen LogP contribution in [-0.4, -0.2) is 31.3 Å². The van der Waals surface area contributed by atoms with E-state index in [1.54, 1.807) is 0 Å². The summed E-state index contributed by atoms with van der Waals surface area (Å²) in [5, 5.41) is 22.6. The normalized spacial score (nSPS) is 11.2. The molecule has 1 N–H and O–H groups in total. The van der Waals surface area contributed by atoms with Crippen LogP contribution in [0.5, 0.6) is 0 Å². The molecule has 0 saturated carbocycles. The zero-order valence-corrected chi connectivity index (χ0v) is 16.5. The average molecular weight is 398 g/mol. The smallest absolute Gasteiger partial charge is 0.289 e. The van der Waals surface area contributed by atoms with Gasteiger partial charge in [0.15, 0.2) is 5.16 Å². The third-order valence-electron chi connectivity index (χ3n) is 3.48. The zero-order chi connectivity index (χ0) is 19.4. The molecular weight excluding hydrogens is 378 g/mol. The number of anilines is 1. The van der Waals surface area contributed by atoms with E-state index in [0.29, 0.717) is 10.8 Å². The number of amides is 1. The summed E-state index contributed by atoms with van der Waals surface area (Å²) in [7, 11) is 0. The molecule has 0 spiro atoms. The second-order valence-electron chi connectivity index (χ2n) is 6.22. The van der Waals surface area contributed by atoms with E-state index >= 15 is 0 Å². The SMILES string of the molecule is CC(C)c1nnc(SCC(=O)Nc2ccc(Cl)c([N+](=O)[O-])c2)n1C(C)C. The molecule has 1 amide bonds. The quantitative estimate of drug-likeness (QED) is 0.425. The Hall–Kier alpha value is -2.13. The van der Waals surface area contributed by atoms with Crippen LogP contribution in [0.2, 0.25) is 5.02 Å². The first-order valence-electron chi connectivity index (χ1n) is 8.02. The lowest BCUT2D eigenvalue weighted by atomic mass is 10.2. The second-order valence-corrected chi connectivity index (χ2v) is 7.57. The number of rotatable bonds is 7. The fourth-order valence-electron chi connectivity index (χ4n) is 2.32. The molecule has 1 aromatic carbocycles. The van der Waals surface area contributed by atoms with E-state index in [9.17, 15) is 14.9 Å². The zero-order valence-electron chi connectivity index (χ0n) is 14.9. The van der Waals surface area contributed by atoms with E-state index < -0.39 is 4.92 Å². The minimum Gasteiger partial charge on any atom is -0.325 e. The number of nitro benzene ring substituents is 1. The number of carbonyl (C=O) groups is 1. The Morgan fingerprint density at radius 2 is 2.04 bits per heavy atom. The van der Waals surface area contributed by atoms with Gasteiger partial charge >= 0.3 is 0 Å². The Kier molecular flexibility index (Phi) is 6.60. The van der Waals surface area contributed by atoms with Crippen LogP contribution in [0, 0.1) is 10.1 Å². The van der Waals surface area contributed by atoms with Gasteiger partial charge in [-0.2, -0.15) is 0 Å². The Morgan fingerprint density at radius 1 is 1.35 bits per heavy atom. The monoisotopic (exact) mass is 397 g/mol. The van der Waals surface area contributed by atoms with Crippen molar-refractivity contribution in [2.75, 3.05) is 11.1 Å². The van der Waals surface area contributed by atoms with Crippen LogP contribution in [0.4, 0.5) is 11.4 Å². The molecule has 0 bridgehead atoms. The number of halogens is 1. The van der Waals surface area contributed by atoms with Gasteiger partial charge in [0.25, 0.3) is 5.69 Å². The molecule has 0 aliphatic rings. The lowest BCUT2D eigenvalue weighted by Gasteiger charge is -2.15. The standard InChI is InChI=1S/C16H20ClN5O3S/c1-9(2)15-19-20-16(21(15)10(3)4)26-8-14(23)18-11-5-6-12(17)13(7-11)22(24)25/h5-7,9-10H,8H2,1-4H3,(H,18,23). The van der Waals surface area contributed by atoms with Crippen LogP contribution >= 0.6 is 23.4 Å². The van der Waals surface area contributed by atoms with Crippen LogP contribution in [0.1, 0.15) is 45.5 Å². The highest BCUT2D eigenvalue weighted by atomic mass is 35.5. The first-order valence-corrected chi connectivity index (χ1v) is 9.38. The summed E-state index contributed by atoms with van der Waals surface area (Å²) in [5.41, 5.74) is 0.0677. The summed E-state index contributed by atoms with van der Waals surface area (Å²) in [6.45, 7) is 8.15. The highest BCUT2D eigenvalue weighted by Gasteiger charge is 2.19. The van der Waals surface area contributed by atoms with Gasteiger partial charge in [-0.25, -0.2) is 0 Å². The van der Waals surface area contributed by atoms with Gasteiger partial charge in [-0.1, -0.05) is 37.2 Å². The van der Waals surface area contributed by atoms with Crippen molar-refractivity contribution in [2.24, 2.45) is 0 Å². The number of benzene rings is 1. The van der Waals surface area contributed by atoms with Crippen molar-refractivity contribution in [1.82, 2.24) is 14.8 Å². The van der Waals surface area contributed by atoms with Gasteiger partial charge in [-0.15, -0.1) is 10.2 Å². The highest BCUT2D eigenvalue weighted by molar-refractivity contribution is 7.99. The van der Waals surface area contributed by atoms with E-state index in [1.807, 2.05) is 32.3 Å². The van der Waals surface area contributed by atoms with Gasteiger partial charge in [0.05, 0.1) is 10.7 Å². The van der Waals surface area contributed by atoms with Gasteiger partial charge in [-0.3, -0.25) is 14.9 Å². The number of hydrogen-bond donors (Lipinski definition) is 1. The topological polar surface area (TPSA) is 103 Å². The number of nitrogens with one attached hydrogen (secondary N) is 1. The van der Waals surface area contributed by atoms with Crippen molar-refractivity contribution < 1.29 is 9.72 Å². The van der Waals surface area contributed by atoms with E-state index in [0.717, 1.165) is 5.82 Å². The van der Waals surface area contributed by atoms with Crippen LogP contribution in [-0.2, 0) is 4.79 Å². The molecule has 0 radical (unpaired) electrons. The summed E-state index contributed by atoms with van der Waals surface area (Å²) in [6, 6.07) is 4.31. The van der Waals surface area contributed by atoms with E-state index in [1.165, 1.54) is 30.0 Å². The maximum Gasteiger partial charge on any atom is 0.289 e. The molecule has 10 heteroatoms. The second kappa shape index (κ2) is 8.50. The minimum absolute atomic E-state index is 0.0219. The Balaban J connectivity index is 2.06. The molecule has 140 valence electrons. The maximum atomic E-state index is 12.2. The molecule has 26 heavy (non-hydrogen) atoms. The maximum absolute atomic E-state index is 12.2. The van der Waals surface area contributed by atoms with Gasteiger partial charge in [-0.05, 0) is 26.0 Å². The molecule has 2 aromatic rings. The van der Waals surface area contributed by atoms with E-state index in [-0.39, 0.29) is 34.3 Å². The van der Waals surface area contributed by atoms with Crippen LogP contribution in [0.3, 0.4) is 0 Å². The molecular formula is C16H20ClN5O3S. The molecule has 1 aromatic heterocycles. The number of nitrogens with zero attached hydrogens (tertiary/aromatic N) is 4. The van der Waals surface area contributed by atoms with E-state index in [4.69, 9.17) is 11.6 Å². The molecule has 1 heterocycles. The van der Waals surface area contributed by atoms with Crippen molar-refractivity contribution in [1.29, 1.82) is 0 Å². The fourth-order valence-corrected chi connectivity index (χ4v) is 3.38. The van der Waals surface area contributed by atoms with Gasteiger partial charge < -0.3 is 9.88 Å². The molecule has 0 saturated heterocycles. The van der Waals surface area contributed by atoms with Gasteiger partial charge in [0.1, 0.15) is 10.8 Å². The molecule has 0 atom stereocenters. The first kappa shape index (κ1) is 20.2. The molecule has 2 rings (SSSR count). The summed E-state index contributed by atoms with van der Waals surface area (Å²) < 4.78 is 2.01. The van der Waals surface area contributed by atoms with Crippen molar-refractivity contribution in [3.63, 3.8) is 0 Å². The lowest BCUT2D eigenvalue weighted by molar-refractivity contribution is -0.384. The summed E-state index contributed by atoms with van der Waals surface area (Å²) in [6.07, 6.45) is 0. The van der Waals surface area contributed by atoms with E-state index in [2.05, 4.69) is 15.5 Å². The average Bonchev–Trinajstić information content (AvgIpc) is 2.99. The minimum atomic E-state index is -0.592. The van der Waals surface area contributed by atoms with Crippen LogP contribution in [0.15, 0.2) is 23.4 Å². The summed E-state index contributed by atoms with van der Waals surface area (Å²) in [5.74, 6) is 0.911. The van der Waals surface area contributed by atoms with Crippen LogP contribution < -0.4 is 5.32 Å². The van der Waals surface area contributed by atoms with Crippen molar-refractivity contribution in [3.05, 3.63) is 39.2 Å². The predicted octanol–water partition coefficient (Wildman–Crippen LogP) is 4.27. The largest absolute Gasteiger partial charge is 0.325 e. The Bertz CT molecular complexity index is 822. The first-order chi connectivity index (χ1) is 12.2. The van der Waals surface area contributed by atoms with Crippen molar-refractivity contribution in [2.45, 2.75) is 44.8 Å². The third-order valence-corrected chi connectivity index (χ3v) is 4.75. The van der Waals surface area contributed by atoms with Crippen LogP contribution in [0.25, 0.3) is 0 Å². The number of aromatic nitrogens is 3. The van der Waals surface area contributed by atoms with Gasteiger partial charge in [0.2, 0.25) is 5.91 Å². The predicted molar refractivity (Wildman–Crippen MR) is 102 cm³/mol. The van der Waals surface area contributed by atoms with Gasteiger partial charge in [0, 0.05) is 23.7 Å². The molecule has 0 unspecified atom stereocenters. The molecule has 0 aliphatic heterocycles. The highest BCUT2D eigenvalue weighted by Crippen LogP contribution is 2.28. The summed E-state index contributed by atoms with van der Waals surface area (Å²) >= 11 is 7.04. The molecule has 8 nitrogen and oxygen atoms in total.